The van der Waals surface area contributed by atoms with Crippen LogP contribution in [0.3, 0.4) is 0 Å². The number of carbonyl (C=O) groups excluding carboxylic acids is 1. The minimum atomic E-state index is -1.15. The summed E-state index contributed by atoms with van der Waals surface area (Å²) in [4.78, 5) is 21.7. The van der Waals surface area contributed by atoms with E-state index in [0.717, 1.165) is 0 Å². The van der Waals surface area contributed by atoms with Crippen LogP contribution in [0.15, 0.2) is 34.9 Å². The van der Waals surface area contributed by atoms with Crippen molar-refractivity contribution < 1.29 is 24.0 Å². The second-order valence-electron chi connectivity index (χ2n) is 3.85. The maximum atomic E-state index is 11.1. The lowest BCUT2D eigenvalue weighted by atomic mass is 10.1. The van der Waals surface area contributed by atoms with Crippen molar-refractivity contribution in [3.8, 4) is 5.75 Å². The zero-order valence-electron chi connectivity index (χ0n) is 10.1. The summed E-state index contributed by atoms with van der Waals surface area (Å²) in [7, 11) is 0. The maximum Gasteiger partial charge on any atom is 0.358 e. The van der Waals surface area contributed by atoms with Crippen LogP contribution in [0.25, 0.3) is 0 Å². The fourth-order valence-corrected chi connectivity index (χ4v) is 1.42. The number of rotatable bonds is 5. The number of carboxylic acid groups (broad SMARTS) is 1. The van der Waals surface area contributed by atoms with Gasteiger partial charge >= 0.3 is 5.97 Å². The zero-order chi connectivity index (χ0) is 13.8. The minimum absolute atomic E-state index is 0.0205. The topological polar surface area (TPSA) is 89.6 Å². The van der Waals surface area contributed by atoms with Gasteiger partial charge in [0.2, 0.25) is 0 Å². The number of ketones is 1. The van der Waals surface area contributed by atoms with E-state index in [1.54, 1.807) is 24.3 Å². The first-order valence-corrected chi connectivity index (χ1v) is 5.49. The Labute approximate surface area is 108 Å². The molecule has 0 saturated heterocycles. The summed E-state index contributed by atoms with van der Waals surface area (Å²) in [6.45, 7) is 1.55. The van der Waals surface area contributed by atoms with Crippen LogP contribution in [-0.2, 0) is 6.61 Å². The molecule has 0 unspecified atom stereocenters. The van der Waals surface area contributed by atoms with Crippen molar-refractivity contribution in [2.75, 3.05) is 0 Å². The van der Waals surface area contributed by atoms with Crippen LogP contribution in [-0.4, -0.2) is 22.0 Å². The molecule has 1 heterocycles. The van der Waals surface area contributed by atoms with Crippen molar-refractivity contribution in [1.82, 2.24) is 5.16 Å². The molecular formula is C13H11NO5. The van der Waals surface area contributed by atoms with Gasteiger partial charge in [-0.15, -0.1) is 0 Å². The number of hydrogen-bond acceptors (Lipinski definition) is 5. The molecule has 0 amide bonds. The van der Waals surface area contributed by atoms with Crippen molar-refractivity contribution in [3.63, 3.8) is 0 Å². The highest BCUT2D eigenvalue weighted by molar-refractivity contribution is 5.94. The Morgan fingerprint density at radius 1 is 1.32 bits per heavy atom. The predicted molar refractivity (Wildman–Crippen MR) is 64.2 cm³/mol. The van der Waals surface area contributed by atoms with Gasteiger partial charge in [-0.25, -0.2) is 4.79 Å². The van der Waals surface area contributed by atoms with Gasteiger partial charge in [0, 0.05) is 11.6 Å². The third-order valence-electron chi connectivity index (χ3n) is 2.42. The molecule has 0 radical (unpaired) electrons. The van der Waals surface area contributed by atoms with Gasteiger partial charge in [0.25, 0.3) is 0 Å². The van der Waals surface area contributed by atoms with E-state index in [1.807, 2.05) is 0 Å². The monoisotopic (exact) mass is 261 g/mol. The highest BCUT2D eigenvalue weighted by Gasteiger charge is 2.11. The van der Waals surface area contributed by atoms with E-state index in [-0.39, 0.29) is 18.1 Å². The Balaban J connectivity index is 1.97. The van der Waals surface area contributed by atoms with Gasteiger partial charge in [-0.05, 0) is 31.2 Å². The number of hydrogen-bond donors (Lipinski definition) is 1. The second-order valence-corrected chi connectivity index (χ2v) is 3.85. The minimum Gasteiger partial charge on any atom is -0.486 e. The van der Waals surface area contributed by atoms with E-state index in [2.05, 4.69) is 5.16 Å². The lowest BCUT2D eigenvalue weighted by Gasteiger charge is -2.03. The molecule has 0 saturated carbocycles. The molecule has 1 aromatic carbocycles. The van der Waals surface area contributed by atoms with Crippen LogP contribution >= 0.6 is 0 Å². The lowest BCUT2D eigenvalue weighted by molar-refractivity contribution is 0.0685. The standard InChI is InChI=1S/C13H11NO5/c1-8(15)9-2-4-10(5-3-9)18-7-11-6-12(13(16)17)14-19-11/h2-6H,7H2,1H3,(H,16,17). The zero-order valence-corrected chi connectivity index (χ0v) is 10.1. The number of nitrogens with zero attached hydrogens (tertiary/aromatic N) is 1. The van der Waals surface area contributed by atoms with Crippen LogP contribution in [0, 0.1) is 0 Å². The van der Waals surface area contributed by atoms with Crippen LogP contribution < -0.4 is 4.74 Å². The van der Waals surface area contributed by atoms with Crippen molar-refractivity contribution in [2.24, 2.45) is 0 Å². The molecule has 0 spiro atoms. The molecule has 6 heteroatoms. The summed E-state index contributed by atoms with van der Waals surface area (Å²) in [6.07, 6.45) is 0. The second kappa shape index (κ2) is 5.34. The van der Waals surface area contributed by atoms with Crippen molar-refractivity contribution in [3.05, 3.63) is 47.3 Å². The van der Waals surface area contributed by atoms with Gasteiger partial charge in [0.05, 0.1) is 0 Å². The number of benzene rings is 1. The van der Waals surface area contributed by atoms with E-state index >= 15 is 0 Å². The van der Waals surface area contributed by atoms with Gasteiger partial charge < -0.3 is 14.4 Å². The first-order chi connectivity index (χ1) is 9.06. The van der Waals surface area contributed by atoms with Crippen molar-refractivity contribution in [2.45, 2.75) is 13.5 Å². The summed E-state index contributed by atoms with van der Waals surface area (Å²) in [5.41, 5.74) is 0.436. The number of aromatic nitrogens is 1. The smallest absolute Gasteiger partial charge is 0.358 e. The van der Waals surface area contributed by atoms with E-state index < -0.39 is 5.97 Å². The average Bonchev–Trinajstić information content (AvgIpc) is 2.86. The number of aromatic carboxylic acids is 1. The number of ether oxygens (including phenoxy) is 1. The normalized spacial score (nSPS) is 10.2. The van der Waals surface area contributed by atoms with Crippen LogP contribution in [0.2, 0.25) is 0 Å². The molecule has 2 aromatic rings. The average molecular weight is 261 g/mol. The van der Waals surface area contributed by atoms with Crippen LogP contribution in [0.1, 0.15) is 33.5 Å². The fraction of sp³-hybridized carbons (Fsp3) is 0.154. The third-order valence-corrected chi connectivity index (χ3v) is 2.42. The van der Waals surface area contributed by atoms with Crippen molar-refractivity contribution in [1.29, 1.82) is 0 Å². The van der Waals surface area contributed by atoms with Crippen LogP contribution in [0.4, 0.5) is 0 Å². The highest BCUT2D eigenvalue weighted by Crippen LogP contribution is 2.15. The predicted octanol–water partition coefficient (Wildman–Crippen LogP) is 2.15. The first kappa shape index (κ1) is 12.8. The molecule has 6 nitrogen and oxygen atoms in total. The molecule has 0 aliphatic carbocycles. The Morgan fingerprint density at radius 3 is 2.53 bits per heavy atom. The maximum absolute atomic E-state index is 11.1. The SMILES string of the molecule is CC(=O)c1ccc(OCc2cc(C(=O)O)no2)cc1. The number of Topliss-reactive ketones (excluding diaryl/α,β-unsaturated/α-hetero) is 1. The Morgan fingerprint density at radius 2 is 2.00 bits per heavy atom. The van der Waals surface area contributed by atoms with Gasteiger partial charge in [0.15, 0.2) is 17.2 Å². The number of carboxylic acids is 1. The molecule has 98 valence electrons. The molecule has 0 aliphatic heterocycles. The largest absolute Gasteiger partial charge is 0.486 e. The number of carbonyl (C=O) groups is 2. The van der Waals surface area contributed by atoms with E-state index in [4.69, 9.17) is 14.4 Å². The molecule has 1 aromatic heterocycles. The van der Waals surface area contributed by atoms with Gasteiger partial charge in [-0.2, -0.15) is 0 Å². The first-order valence-electron chi connectivity index (χ1n) is 5.49. The highest BCUT2D eigenvalue weighted by atomic mass is 16.5. The fourth-order valence-electron chi connectivity index (χ4n) is 1.42. The van der Waals surface area contributed by atoms with E-state index in [9.17, 15) is 9.59 Å². The molecule has 0 bridgehead atoms. The van der Waals surface area contributed by atoms with E-state index in [0.29, 0.717) is 17.1 Å². The quantitative estimate of drug-likeness (QED) is 0.829. The molecule has 0 aliphatic rings. The summed E-state index contributed by atoms with van der Waals surface area (Å²) in [5.74, 6) is -0.306. The third kappa shape index (κ3) is 3.19. The van der Waals surface area contributed by atoms with Gasteiger partial charge in [-0.3, -0.25) is 4.79 Å². The summed E-state index contributed by atoms with van der Waals surface area (Å²) < 4.78 is 10.2. The van der Waals surface area contributed by atoms with Gasteiger partial charge in [-0.1, -0.05) is 5.16 Å². The van der Waals surface area contributed by atoms with Crippen molar-refractivity contribution >= 4 is 11.8 Å². The molecule has 0 atom stereocenters. The molecule has 1 N–H and O–H groups in total. The molecule has 2 rings (SSSR count). The lowest BCUT2D eigenvalue weighted by Crippen LogP contribution is -1.96. The van der Waals surface area contributed by atoms with Gasteiger partial charge in [0.1, 0.15) is 12.4 Å². The van der Waals surface area contributed by atoms with E-state index in [1.165, 1.54) is 13.0 Å². The molecular weight excluding hydrogens is 250 g/mol. The Bertz CT molecular complexity index is 600. The van der Waals surface area contributed by atoms with Crippen LogP contribution in [0.5, 0.6) is 5.75 Å². The molecule has 19 heavy (non-hydrogen) atoms. The summed E-state index contributed by atoms with van der Waals surface area (Å²) in [5, 5.41) is 12.0. The summed E-state index contributed by atoms with van der Waals surface area (Å²) >= 11 is 0. The Kier molecular flexibility index (Phi) is 3.61. The summed E-state index contributed by atoms with van der Waals surface area (Å²) in [6, 6.07) is 7.92. The molecule has 0 fully saturated rings. The Hall–Kier alpha value is -2.63.